The Labute approximate surface area is 116 Å². The minimum Gasteiger partial charge on any atom is -0.453 e. The highest BCUT2D eigenvalue weighted by Crippen LogP contribution is 2.26. The molecule has 20 heavy (non-hydrogen) atoms. The average Bonchev–Trinajstić information content (AvgIpc) is 2.81. The fraction of sp³-hybridized carbons (Fsp3) is 0.538. The number of hydrogen-bond donors (Lipinski definition) is 2. The van der Waals surface area contributed by atoms with Crippen LogP contribution in [0.3, 0.4) is 0 Å². The summed E-state index contributed by atoms with van der Waals surface area (Å²) in [6.07, 6.45) is 0.405. The second-order valence-corrected chi connectivity index (χ2v) is 5.21. The highest BCUT2D eigenvalue weighted by atomic mass is 16.6. The second kappa shape index (κ2) is 6.41. The number of rotatable bonds is 4. The molecule has 0 aliphatic carbocycles. The lowest BCUT2D eigenvalue weighted by Crippen LogP contribution is -2.37. The van der Waals surface area contributed by atoms with Crippen molar-refractivity contribution < 1.29 is 24.3 Å². The van der Waals surface area contributed by atoms with E-state index in [9.17, 15) is 10.0 Å². The molecule has 2 N–H and O–H groups in total. The summed E-state index contributed by atoms with van der Waals surface area (Å²) in [6, 6.07) is 2.36. The molecule has 0 radical (unpaired) electrons. The maximum Gasteiger partial charge on any atom is 0.434 e. The summed E-state index contributed by atoms with van der Waals surface area (Å²) in [5.74, 6) is 0.0560. The molecule has 7 nitrogen and oxygen atoms in total. The van der Waals surface area contributed by atoms with Gasteiger partial charge in [0.25, 0.3) is 0 Å². The Bertz CT molecular complexity index is 498. The molecular weight excluding hydrogens is 264 g/mol. The van der Waals surface area contributed by atoms with Crippen molar-refractivity contribution in [2.24, 2.45) is 0 Å². The zero-order chi connectivity index (χ0) is 15.3. The number of nitriles is 1. The molecule has 1 amide bonds. The summed E-state index contributed by atoms with van der Waals surface area (Å²) in [5.41, 5.74) is -0.347. The molecule has 0 bridgehead atoms. The van der Waals surface area contributed by atoms with Gasteiger partial charge in [-0.3, -0.25) is 5.21 Å². The number of hydroxylamine groups is 2. The number of aliphatic hydroxyl groups is 1. The average molecular weight is 282 g/mol. The lowest BCUT2D eigenvalue weighted by Gasteiger charge is -2.28. The molecule has 110 valence electrons. The highest BCUT2D eigenvalue weighted by molar-refractivity contribution is 5.67. The van der Waals surface area contributed by atoms with Gasteiger partial charge in [0.1, 0.15) is 11.7 Å². The van der Waals surface area contributed by atoms with Gasteiger partial charge in [0, 0.05) is 18.2 Å². The number of hydrogen-bond acceptors (Lipinski definition) is 6. The quantitative estimate of drug-likeness (QED) is 0.647. The van der Waals surface area contributed by atoms with Gasteiger partial charge in [-0.05, 0) is 27.2 Å². The van der Waals surface area contributed by atoms with E-state index < -0.39 is 17.7 Å². The van der Waals surface area contributed by atoms with Crippen LogP contribution < -0.4 is 0 Å². The molecule has 0 aliphatic rings. The van der Waals surface area contributed by atoms with E-state index in [1.54, 1.807) is 26.8 Å². The minimum absolute atomic E-state index is 0.0560. The molecule has 0 saturated carbocycles. The lowest BCUT2D eigenvalue weighted by atomic mass is 10.1. The summed E-state index contributed by atoms with van der Waals surface area (Å²) in [6.45, 7) is 4.76. The molecule has 1 atom stereocenters. The molecule has 0 aliphatic heterocycles. The SMILES string of the molecule is CC(C)(C)OC(=O)N(O)C(CCO)c1coc(C#N)c1. The first-order valence-electron chi connectivity index (χ1n) is 6.09. The summed E-state index contributed by atoms with van der Waals surface area (Å²) < 4.78 is 9.98. The fourth-order valence-electron chi connectivity index (χ4n) is 1.57. The van der Waals surface area contributed by atoms with Crippen molar-refractivity contribution in [3.63, 3.8) is 0 Å². The third kappa shape index (κ3) is 4.26. The third-order valence-electron chi connectivity index (χ3n) is 2.39. The number of aliphatic hydroxyl groups excluding tert-OH is 1. The first-order chi connectivity index (χ1) is 9.28. The second-order valence-electron chi connectivity index (χ2n) is 5.21. The van der Waals surface area contributed by atoms with Crippen LogP contribution in [0.5, 0.6) is 0 Å². The third-order valence-corrected chi connectivity index (χ3v) is 2.39. The number of nitrogens with zero attached hydrogens (tertiary/aromatic N) is 2. The molecule has 1 unspecified atom stereocenters. The van der Waals surface area contributed by atoms with Gasteiger partial charge < -0.3 is 14.3 Å². The van der Waals surface area contributed by atoms with Gasteiger partial charge in [0.2, 0.25) is 5.76 Å². The fourth-order valence-corrected chi connectivity index (χ4v) is 1.57. The number of furan rings is 1. The van der Waals surface area contributed by atoms with E-state index in [1.165, 1.54) is 12.3 Å². The maximum atomic E-state index is 11.8. The van der Waals surface area contributed by atoms with Crippen molar-refractivity contribution in [3.05, 3.63) is 23.7 Å². The first kappa shape index (κ1) is 16.0. The molecule has 7 heteroatoms. The Morgan fingerprint density at radius 2 is 2.25 bits per heavy atom. The normalized spacial score (nSPS) is 12.6. The molecule has 1 aromatic rings. The van der Waals surface area contributed by atoms with Gasteiger partial charge in [-0.15, -0.1) is 0 Å². The van der Waals surface area contributed by atoms with E-state index in [-0.39, 0.29) is 18.8 Å². The van der Waals surface area contributed by atoms with Crippen molar-refractivity contribution in [1.82, 2.24) is 5.06 Å². The van der Waals surface area contributed by atoms with Gasteiger partial charge in [-0.25, -0.2) is 4.79 Å². The van der Waals surface area contributed by atoms with E-state index in [4.69, 9.17) is 19.5 Å². The van der Waals surface area contributed by atoms with E-state index >= 15 is 0 Å². The van der Waals surface area contributed by atoms with Crippen molar-refractivity contribution in [1.29, 1.82) is 5.26 Å². The van der Waals surface area contributed by atoms with Crippen LogP contribution in [0.25, 0.3) is 0 Å². The lowest BCUT2D eigenvalue weighted by molar-refractivity contribution is -0.125. The first-order valence-corrected chi connectivity index (χ1v) is 6.09. The smallest absolute Gasteiger partial charge is 0.434 e. The van der Waals surface area contributed by atoms with Crippen LogP contribution in [-0.2, 0) is 4.74 Å². The Balaban J connectivity index is 2.90. The molecule has 1 rings (SSSR count). The van der Waals surface area contributed by atoms with Crippen LogP contribution in [-0.4, -0.2) is 33.7 Å². The summed E-state index contributed by atoms with van der Waals surface area (Å²) in [5, 5.41) is 28.1. The Kier molecular flexibility index (Phi) is 5.13. The van der Waals surface area contributed by atoms with Gasteiger partial charge in [0.15, 0.2) is 0 Å². The number of amides is 1. The monoisotopic (exact) mass is 282 g/mol. The van der Waals surface area contributed by atoms with E-state index in [2.05, 4.69) is 0 Å². The topological polar surface area (TPSA) is 107 Å². The highest BCUT2D eigenvalue weighted by Gasteiger charge is 2.29. The largest absolute Gasteiger partial charge is 0.453 e. The molecule has 0 spiro atoms. The molecule has 0 saturated heterocycles. The Hall–Kier alpha value is -2.04. The predicted molar refractivity (Wildman–Crippen MR) is 67.7 cm³/mol. The zero-order valence-corrected chi connectivity index (χ0v) is 11.7. The van der Waals surface area contributed by atoms with Crippen LogP contribution in [0.4, 0.5) is 4.79 Å². The van der Waals surface area contributed by atoms with Gasteiger partial charge in [-0.2, -0.15) is 10.3 Å². The van der Waals surface area contributed by atoms with Crippen LogP contribution in [0.15, 0.2) is 16.7 Å². The van der Waals surface area contributed by atoms with Crippen LogP contribution >= 0.6 is 0 Å². The minimum atomic E-state index is -0.935. The van der Waals surface area contributed by atoms with Crippen molar-refractivity contribution in [3.8, 4) is 6.07 Å². The van der Waals surface area contributed by atoms with E-state index in [1.807, 2.05) is 0 Å². The molecule has 0 fully saturated rings. The van der Waals surface area contributed by atoms with Gasteiger partial charge in [0.05, 0.1) is 12.3 Å². The van der Waals surface area contributed by atoms with Gasteiger partial charge in [-0.1, -0.05) is 0 Å². The number of carbonyl (C=O) groups is 1. The summed E-state index contributed by atoms with van der Waals surface area (Å²) in [7, 11) is 0. The number of ether oxygens (including phenoxy) is 1. The molecule has 1 heterocycles. The number of carbonyl (C=O) groups excluding carboxylic acids is 1. The zero-order valence-electron chi connectivity index (χ0n) is 11.7. The summed E-state index contributed by atoms with van der Waals surface area (Å²) >= 11 is 0. The van der Waals surface area contributed by atoms with E-state index in [0.717, 1.165) is 0 Å². The molecule has 1 aromatic heterocycles. The van der Waals surface area contributed by atoms with Crippen LogP contribution in [0, 0.1) is 11.3 Å². The standard InChI is InChI=1S/C13H18N2O5/c1-13(2,3)20-12(17)15(18)11(4-5-16)9-6-10(7-14)19-8-9/h6,8,11,16,18H,4-5H2,1-3H3. The van der Waals surface area contributed by atoms with Gasteiger partial charge >= 0.3 is 6.09 Å². The summed E-state index contributed by atoms with van der Waals surface area (Å²) in [4.78, 5) is 11.8. The van der Waals surface area contributed by atoms with Crippen molar-refractivity contribution in [2.45, 2.75) is 38.8 Å². The molecular formula is C13H18N2O5. The van der Waals surface area contributed by atoms with E-state index in [0.29, 0.717) is 10.6 Å². The predicted octanol–water partition coefficient (Wildman–Crippen LogP) is 2.20. The Morgan fingerprint density at radius 3 is 2.70 bits per heavy atom. The Morgan fingerprint density at radius 1 is 1.60 bits per heavy atom. The maximum absolute atomic E-state index is 11.8. The van der Waals surface area contributed by atoms with Crippen LogP contribution in [0.1, 0.15) is 44.6 Å². The van der Waals surface area contributed by atoms with Crippen molar-refractivity contribution in [2.75, 3.05) is 6.61 Å². The molecule has 0 aromatic carbocycles. The van der Waals surface area contributed by atoms with Crippen molar-refractivity contribution >= 4 is 6.09 Å². The van der Waals surface area contributed by atoms with Crippen LogP contribution in [0.2, 0.25) is 0 Å².